The molecule has 4 rings (SSSR count). The number of hydrogen-bond donors (Lipinski definition) is 0. The Morgan fingerprint density at radius 2 is 1.94 bits per heavy atom. The van der Waals surface area contributed by atoms with Crippen molar-refractivity contribution in [1.29, 1.82) is 5.26 Å². The second-order valence-corrected chi connectivity index (χ2v) is 9.49. The number of carbonyl (C=O) groups is 1. The molecule has 0 aliphatic carbocycles. The Bertz CT molecular complexity index is 1320. The molecule has 0 amide bonds. The van der Waals surface area contributed by atoms with E-state index in [2.05, 4.69) is 58.3 Å². The summed E-state index contributed by atoms with van der Waals surface area (Å²) in [6.07, 6.45) is 5.17. The number of ketones is 1. The molecule has 0 bridgehead atoms. The lowest BCUT2D eigenvalue weighted by Crippen LogP contribution is -2.14. The van der Waals surface area contributed by atoms with Crippen LogP contribution in [0.15, 0.2) is 53.3 Å². The zero-order valence-corrected chi connectivity index (χ0v) is 20.9. The number of aromatic nitrogens is 5. The van der Waals surface area contributed by atoms with Gasteiger partial charge >= 0.3 is 0 Å². The van der Waals surface area contributed by atoms with E-state index in [1.165, 1.54) is 34.2 Å². The summed E-state index contributed by atoms with van der Waals surface area (Å²) in [6.45, 7) is 6.10. The van der Waals surface area contributed by atoms with Gasteiger partial charge in [0, 0.05) is 29.0 Å². The first-order valence-electron chi connectivity index (χ1n) is 11.0. The maximum Gasteiger partial charge on any atom is 0.196 e. The lowest BCUT2D eigenvalue weighted by atomic mass is 10.0. The van der Waals surface area contributed by atoms with Gasteiger partial charge in [0.15, 0.2) is 22.7 Å². The zero-order chi connectivity index (χ0) is 24.1. The highest BCUT2D eigenvalue weighted by atomic mass is 32.2. The predicted octanol–water partition coefficient (Wildman–Crippen LogP) is 5.19. The summed E-state index contributed by atoms with van der Waals surface area (Å²) in [4.78, 5) is 21.6. The van der Waals surface area contributed by atoms with Crippen LogP contribution in [0.25, 0.3) is 17.1 Å². The highest BCUT2D eigenvalue weighted by Crippen LogP contribution is 2.33. The van der Waals surface area contributed by atoms with E-state index in [0.717, 1.165) is 29.8 Å². The van der Waals surface area contributed by atoms with E-state index in [0.29, 0.717) is 16.0 Å². The normalized spacial score (nSPS) is 11.8. The summed E-state index contributed by atoms with van der Waals surface area (Å²) >= 11 is 2.63. The van der Waals surface area contributed by atoms with Gasteiger partial charge in [0.25, 0.3) is 0 Å². The Hall–Kier alpha value is -3.35. The number of rotatable bonds is 9. The van der Waals surface area contributed by atoms with Crippen LogP contribution in [-0.4, -0.2) is 36.3 Å². The second kappa shape index (κ2) is 10.7. The average molecular weight is 489 g/mol. The van der Waals surface area contributed by atoms with E-state index in [4.69, 9.17) is 0 Å². The lowest BCUT2D eigenvalue weighted by Gasteiger charge is -2.18. The number of nitriles is 1. The number of thioether (sulfide) groups is 1. The molecule has 1 atom stereocenters. The number of carbonyl (C=O) groups excluding carboxylic acids is 1. The molecule has 0 fully saturated rings. The van der Waals surface area contributed by atoms with Crippen LogP contribution in [0, 0.1) is 18.3 Å². The third-order valence-corrected chi connectivity index (χ3v) is 7.40. The van der Waals surface area contributed by atoms with Crippen molar-refractivity contribution >= 4 is 28.9 Å². The molecule has 0 spiro atoms. The smallest absolute Gasteiger partial charge is 0.196 e. The van der Waals surface area contributed by atoms with E-state index in [-0.39, 0.29) is 11.5 Å². The Balaban J connectivity index is 1.74. The van der Waals surface area contributed by atoms with Gasteiger partial charge in [-0.3, -0.25) is 14.3 Å². The van der Waals surface area contributed by atoms with Gasteiger partial charge in [0.2, 0.25) is 0 Å². The number of thiazole rings is 1. The van der Waals surface area contributed by atoms with Crippen LogP contribution in [0.3, 0.4) is 0 Å². The van der Waals surface area contributed by atoms with Gasteiger partial charge < -0.3 is 0 Å². The molecule has 3 heterocycles. The predicted molar refractivity (Wildman–Crippen MR) is 134 cm³/mol. The summed E-state index contributed by atoms with van der Waals surface area (Å²) in [7, 11) is 0. The number of para-hydroxylation sites is 1. The summed E-state index contributed by atoms with van der Waals surface area (Å²) < 4.78 is 2.03. The van der Waals surface area contributed by atoms with Gasteiger partial charge in [-0.2, -0.15) is 5.26 Å². The number of aryl methyl sites for hydroxylation is 3. The van der Waals surface area contributed by atoms with Crippen LogP contribution < -0.4 is 0 Å². The number of hydrogen-bond acceptors (Lipinski definition) is 8. The van der Waals surface area contributed by atoms with Crippen LogP contribution >= 0.6 is 23.1 Å². The molecule has 0 aliphatic rings. The number of Topliss-reactive ketones (excluding diaryl/α,β-unsaturated/α-hetero) is 1. The van der Waals surface area contributed by atoms with E-state index in [1.807, 2.05) is 29.0 Å². The van der Waals surface area contributed by atoms with E-state index in [9.17, 15) is 10.1 Å². The van der Waals surface area contributed by atoms with Gasteiger partial charge in [-0.15, -0.1) is 21.5 Å². The standard InChI is InChI=1S/C25H24N6OS2/c1-4-17-8-6-9-18(5-2)22(17)31-23(19-10-7-11-27-13-19)29-30-25(31)34-15-21(32)20(12-26)24-28-16(3)14-33-24/h6-11,13-14,20H,4-5,15H2,1-3H3/t20-/m1/s1. The van der Waals surface area contributed by atoms with Crippen LogP contribution in [0.4, 0.5) is 0 Å². The van der Waals surface area contributed by atoms with Crippen molar-refractivity contribution in [3.63, 3.8) is 0 Å². The van der Waals surface area contributed by atoms with Gasteiger partial charge in [0.1, 0.15) is 5.01 Å². The molecular weight excluding hydrogens is 464 g/mol. The molecular formula is C25H24N6OS2. The molecule has 0 unspecified atom stereocenters. The number of pyridine rings is 1. The minimum atomic E-state index is -0.880. The van der Waals surface area contributed by atoms with Crippen molar-refractivity contribution in [2.75, 3.05) is 5.75 Å². The summed E-state index contributed by atoms with van der Waals surface area (Å²) in [5.41, 5.74) is 5.04. The fourth-order valence-electron chi connectivity index (χ4n) is 3.74. The first-order valence-corrected chi connectivity index (χ1v) is 12.9. The molecule has 1 aromatic carbocycles. The fraction of sp³-hybridized carbons (Fsp3) is 0.280. The van der Waals surface area contributed by atoms with Crippen LogP contribution in [0.2, 0.25) is 0 Å². The van der Waals surface area contributed by atoms with Crippen LogP contribution in [0.5, 0.6) is 0 Å². The van der Waals surface area contributed by atoms with Crippen molar-refractivity contribution in [2.24, 2.45) is 0 Å². The Morgan fingerprint density at radius 3 is 2.53 bits per heavy atom. The minimum Gasteiger partial charge on any atom is -0.297 e. The second-order valence-electron chi connectivity index (χ2n) is 7.66. The monoisotopic (exact) mass is 488 g/mol. The average Bonchev–Trinajstić information content (AvgIpc) is 3.49. The molecule has 172 valence electrons. The molecule has 0 saturated heterocycles. The third-order valence-electron chi connectivity index (χ3n) is 5.42. The van der Waals surface area contributed by atoms with Gasteiger partial charge in [-0.05, 0) is 43.0 Å². The van der Waals surface area contributed by atoms with Crippen molar-refractivity contribution in [3.8, 4) is 23.1 Å². The molecule has 0 aliphatic heterocycles. The van der Waals surface area contributed by atoms with Crippen molar-refractivity contribution in [2.45, 2.75) is 44.7 Å². The largest absolute Gasteiger partial charge is 0.297 e. The zero-order valence-electron chi connectivity index (χ0n) is 19.2. The molecule has 4 aromatic rings. The van der Waals surface area contributed by atoms with E-state index in [1.54, 1.807) is 12.4 Å². The molecule has 7 nitrogen and oxygen atoms in total. The van der Waals surface area contributed by atoms with Crippen molar-refractivity contribution in [3.05, 3.63) is 69.9 Å². The maximum absolute atomic E-state index is 13.0. The summed E-state index contributed by atoms with van der Waals surface area (Å²) in [5, 5.41) is 21.6. The Labute approximate surface area is 206 Å². The highest BCUT2D eigenvalue weighted by Gasteiger charge is 2.26. The van der Waals surface area contributed by atoms with E-state index >= 15 is 0 Å². The van der Waals surface area contributed by atoms with E-state index < -0.39 is 5.92 Å². The molecule has 9 heteroatoms. The van der Waals surface area contributed by atoms with Crippen molar-refractivity contribution in [1.82, 2.24) is 24.7 Å². The van der Waals surface area contributed by atoms with Crippen molar-refractivity contribution < 1.29 is 4.79 Å². The molecule has 3 aromatic heterocycles. The number of nitrogens with zero attached hydrogens (tertiary/aromatic N) is 6. The van der Waals surface area contributed by atoms with Gasteiger partial charge in [-0.1, -0.05) is 43.8 Å². The van der Waals surface area contributed by atoms with Crippen LogP contribution in [0.1, 0.15) is 41.6 Å². The maximum atomic E-state index is 13.0. The molecule has 0 radical (unpaired) electrons. The highest BCUT2D eigenvalue weighted by molar-refractivity contribution is 7.99. The SMILES string of the molecule is CCc1cccc(CC)c1-n1c(SCC(=O)[C@@H](C#N)c2nc(C)cs2)nnc1-c1cccnc1. The molecule has 0 saturated carbocycles. The van der Waals surface area contributed by atoms with Crippen LogP contribution in [-0.2, 0) is 17.6 Å². The molecule has 34 heavy (non-hydrogen) atoms. The first-order chi connectivity index (χ1) is 16.6. The minimum absolute atomic E-state index is 0.0950. The topological polar surface area (TPSA) is 97.3 Å². The molecule has 0 N–H and O–H groups in total. The quantitative estimate of drug-likeness (QED) is 0.299. The van der Waals surface area contributed by atoms with Gasteiger partial charge in [-0.25, -0.2) is 4.98 Å². The fourth-order valence-corrected chi connectivity index (χ4v) is 5.44. The lowest BCUT2D eigenvalue weighted by molar-refractivity contribution is -0.116. The van der Waals surface area contributed by atoms with Gasteiger partial charge in [0.05, 0.1) is 17.5 Å². The Kier molecular flexibility index (Phi) is 7.50. The first kappa shape index (κ1) is 23.8. The Morgan fingerprint density at radius 1 is 1.18 bits per heavy atom. The third kappa shape index (κ3) is 4.79. The summed E-state index contributed by atoms with van der Waals surface area (Å²) in [5.74, 6) is -0.308. The summed E-state index contributed by atoms with van der Waals surface area (Å²) in [6, 6.07) is 12.2. The number of benzene rings is 1.